The molecule has 0 saturated carbocycles. The van der Waals surface area contributed by atoms with E-state index >= 15 is 0 Å². The Morgan fingerprint density at radius 1 is 1.43 bits per heavy atom. The fourth-order valence-electron chi connectivity index (χ4n) is 0.490. The number of rotatable bonds is 0. The molecule has 39 valence electrons. The molecule has 1 aliphatic rings. The van der Waals surface area contributed by atoms with Gasteiger partial charge in [0.1, 0.15) is 0 Å². The van der Waals surface area contributed by atoms with Gasteiger partial charge >= 0.3 is 0 Å². The van der Waals surface area contributed by atoms with E-state index in [1.165, 1.54) is 0 Å². The molecule has 0 spiro atoms. The summed E-state index contributed by atoms with van der Waals surface area (Å²) in [5.41, 5.74) is 0. The second-order valence-corrected chi connectivity index (χ2v) is 5.34. The molecule has 0 saturated heterocycles. The van der Waals surface area contributed by atoms with Crippen molar-refractivity contribution in [3.63, 3.8) is 0 Å². The Morgan fingerprint density at radius 2 is 2.14 bits per heavy atom. The molecule has 0 fully saturated rings. The predicted octanol–water partition coefficient (Wildman–Crippen LogP) is 1.89. The van der Waals surface area contributed by atoms with Crippen LogP contribution < -0.4 is 0 Å². The Labute approximate surface area is 46.2 Å². The van der Waals surface area contributed by atoms with Gasteiger partial charge in [0.15, 0.2) is 0 Å². The van der Waals surface area contributed by atoms with E-state index in [0.29, 0.717) is 0 Å². The molecular weight excluding hydrogens is 104 g/mol. The van der Waals surface area contributed by atoms with E-state index in [0.717, 1.165) is 0 Å². The van der Waals surface area contributed by atoms with E-state index in [4.69, 9.17) is 0 Å². The van der Waals surface area contributed by atoms with Gasteiger partial charge in [0.25, 0.3) is 0 Å². The Morgan fingerprint density at radius 3 is 2.29 bits per heavy atom. The lowest BCUT2D eigenvalue weighted by molar-refractivity contribution is 2.10. The average Bonchev–Trinajstić information content (AvgIpc) is 1.84. The van der Waals surface area contributed by atoms with Crippen molar-refractivity contribution >= 4 is 10.0 Å². The molecule has 1 heteroatoms. The molecule has 1 rings (SSSR count). The minimum Gasteiger partial charge on any atom is -0.199 e. The van der Waals surface area contributed by atoms with Crippen LogP contribution in [0, 0.1) is 5.41 Å². The average molecular weight is 113 g/mol. The van der Waals surface area contributed by atoms with Gasteiger partial charge in [-0.05, 0) is 24.0 Å². The highest BCUT2D eigenvalue weighted by Crippen LogP contribution is 2.44. The number of hydrogen-bond donors (Lipinski definition) is 0. The SMILES string of the molecule is CS1(C)[C]=CC=C1. The maximum Gasteiger partial charge on any atom is 0.00556 e. The Balaban J connectivity index is 2.77. The third-order valence-electron chi connectivity index (χ3n) is 0.887. The molecular formula is C6H9S. The summed E-state index contributed by atoms with van der Waals surface area (Å²) in [4.78, 5) is 0. The lowest BCUT2D eigenvalue weighted by atomic mass is 10.6. The molecule has 0 aromatic rings. The van der Waals surface area contributed by atoms with Crippen LogP contribution in [-0.2, 0) is 0 Å². The fraction of sp³-hybridized carbons (Fsp3) is 0.333. The topological polar surface area (TPSA) is 0 Å². The quantitative estimate of drug-likeness (QED) is 0.450. The molecule has 1 radical (unpaired) electrons. The summed E-state index contributed by atoms with van der Waals surface area (Å²) in [7, 11) is -0.532. The van der Waals surface area contributed by atoms with Crippen LogP contribution in [0.15, 0.2) is 17.6 Å². The third-order valence-corrected chi connectivity index (χ3v) is 2.47. The first-order chi connectivity index (χ1) is 3.21. The van der Waals surface area contributed by atoms with E-state index in [9.17, 15) is 0 Å². The number of hydrogen-bond acceptors (Lipinski definition) is 0. The number of allylic oxidation sites excluding steroid dienone is 2. The van der Waals surface area contributed by atoms with Crippen LogP contribution in [0.2, 0.25) is 0 Å². The van der Waals surface area contributed by atoms with Gasteiger partial charge in [-0.15, -0.1) is 0 Å². The fourth-order valence-corrected chi connectivity index (χ4v) is 1.47. The zero-order chi connectivity index (χ0) is 5.33. The highest BCUT2D eigenvalue weighted by molar-refractivity contribution is 8.36. The predicted molar refractivity (Wildman–Crippen MR) is 36.4 cm³/mol. The van der Waals surface area contributed by atoms with Crippen molar-refractivity contribution in [2.75, 3.05) is 12.5 Å². The van der Waals surface area contributed by atoms with Gasteiger partial charge in [0.2, 0.25) is 0 Å². The van der Waals surface area contributed by atoms with Crippen molar-refractivity contribution in [2.24, 2.45) is 0 Å². The Kier molecular flexibility index (Phi) is 1.00. The standard InChI is InChI=1S/C6H9S/c1-7(2)5-3-4-6-7/h3-5H,1-2H3. The summed E-state index contributed by atoms with van der Waals surface area (Å²) in [5.74, 6) is 0. The molecule has 0 nitrogen and oxygen atoms in total. The van der Waals surface area contributed by atoms with Gasteiger partial charge in [0.05, 0.1) is 0 Å². The smallest absolute Gasteiger partial charge is 0.00556 e. The van der Waals surface area contributed by atoms with E-state index in [1.54, 1.807) is 0 Å². The van der Waals surface area contributed by atoms with Gasteiger partial charge in [-0.25, -0.2) is 0 Å². The molecule has 0 unspecified atom stereocenters. The van der Waals surface area contributed by atoms with E-state index in [-0.39, 0.29) is 0 Å². The van der Waals surface area contributed by atoms with Crippen molar-refractivity contribution in [1.29, 1.82) is 0 Å². The van der Waals surface area contributed by atoms with Crippen LogP contribution in [-0.4, -0.2) is 12.5 Å². The minimum absolute atomic E-state index is 0.532. The van der Waals surface area contributed by atoms with Gasteiger partial charge in [-0.2, -0.15) is 10.0 Å². The molecule has 0 N–H and O–H groups in total. The largest absolute Gasteiger partial charge is 0.199 e. The molecule has 1 aliphatic heterocycles. The summed E-state index contributed by atoms with van der Waals surface area (Å²) in [6.07, 6.45) is 8.49. The monoisotopic (exact) mass is 113 g/mol. The van der Waals surface area contributed by atoms with Crippen molar-refractivity contribution in [3.05, 3.63) is 23.0 Å². The Bertz CT molecular complexity index is 106. The molecule has 0 aromatic heterocycles. The normalized spacial score (nSPS) is 28.3. The summed E-state index contributed by atoms with van der Waals surface area (Å²) in [5, 5.41) is 5.46. The van der Waals surface area contributed by atoms with Crippen LogP contribution in [0.3, 0.4) is 0 Å². The lowest BCUT2D eigenvalue weighted by Crippen LogP contribution is -1.78. The first-order valence-electron chi connectivity index (χ1n) is 2.21. The summed E-state index contributed by atoms with van der Waals surface area (Å²) < 4.78 is 0. The molecule has 1 heterocycles. The molecule has 0 amide bonds. The second-order valence-electron chi connectivity index (χ2n) is 2.02. The lowest BCUT2D eigenvalue weighted by Gasteiger charge is -2.15. The zero-order valence-corrected chi connectivity index (χ0v) is 5.46. The molecule has 0 aromatic carbocycles. The summed E-state index contributed by atoms with van der Waals surface area (Å²) in [6.45, 7) is 0. The molecule has 0 aliphatic carbocycles. The van der Waals surface area contributed by atoms with Crippen molar-refractivity contribution in [3.8, 4) is 0 Å². The van der Waals surface area contributed by atoms with E-state index < -0.39 is 10.0 Å². The van der Waals surface area contributed by atoms with Crippen molar-refractivity contribution in [1.82, 2.24) is 0 Å². The van der Waals surface area contributed by atoms with Crippen molar-refractivity contribution in [2.45, 2.75) is 0 Å². The molecule has 0 atom stereocenters. The van der Waals surface area contributed by atoms with E-state index in [2.05, 4.69) is 29.4 Å². The van der Waals surface area contributed by atoms with Crippen LogP contribution in [0.25, 0.3) is 0 Å². The molecule has 7 heavy (non-hydrogen) atoms. The first kappa shape index (κ1) is 4.98. The summed E-state index contributed by atoms with van der Waals surface area (Å²) >= 11 is 0. The first-order valence-corrected chi connectivity index (χ1v) is 4.72. The third kappa shape index (κ3) is 1.10. The van der Waals surface area contributed by atoms with Crippen molar-refractivity contribution < 1.29 is 0 Å². The molecule has 0 bridgehead atoms. The van der Waals surface area contributed by atoms with Gasteiger partial charge in [-0.1, -0.05) is 6.08 Å². The Hall–Kier alpha value is -0.170. The van der Waals surface area contributed by atoms with Crippen LogP contribution in [0.1, 0.15) is 0 Å². The van der Waals surface area contributed by atoms with E-state index in [1.807, 2.05) is 6.08 Å². The van der Waals surface area contributed by atoms with Crippen LogP contribution in [0.5, 0.6) is 0 Å². The maximum absolute atomic E-state index is 3.24. The van der Waals surface area contributed by atoms with Gasteiger partial charge in [-0.3, -0.25) is 0 Å². The summed E-state index contributed by atoms with van der Waals surface area (Å²) in [6, 6.07) is 0. The van der Waals surface area contributed by atoms with Gasteiger partial charge in [0, 0.05) is 5.41 Å². The minimum atomic E-state index is -0.532. The van der Waals surface area contributed by atoms with Crippen LogP contribution in [0.4, 0.5) is 0 Å². The maximum atomic E-state index is 3.24. The second kappa shape index (κ2) is 1.41. The highest BCUT2D eigenvalue weighted by atomic mass is 32.3. The highest BCUT2D eigenvalue weighted by Gasteiger charge is 2.03. The van der Waals surface area contributed by atoms with Gasteiger partial charge < -0.3 is 0 Å². The zero-order valence-electron chi connectivity index (χ0n) is 4.64. The van der Waals surface area contributed by atoms with Crippen LogP contribution >= 0.6 is 10.0 Å².